The maximum absolute atomic E-state index is 4.86. The molecule has 1 aromatic rings. The fraction of sp³-hybridized carbons (Fsp3) is 0.800. The predicted octanol–water partition coefficient (Wildman–Crippen LogP) is 4.31. The molecular formula is C15H26N2S. The van der Waals surface area contributed by atoms with Gasteiger partial charge in [0, 0.05) is 4.88 Å². The zero-order chi connectivity index (χ0) is 13.0. The zero-order valence-corrected chi connectivity index (χ0v) is 12.8. The fourth-order valence-electron chi connectivity index (χ4n) is 2.84. The van der Waals surface area contributed by atoms with Crippen LogP contribution in [0.3, 0.4) is 0 Å². The fourth-order valence-corrected chi connectivity index (χ4v) is 3.98. The van der Waals surface area contributed by atoms with Gasteiger partial charge in [-0.15, -0.1) is 11.3 Å². The summed E-state index contributed by atoms with van der Waals surface area (Å²) in [7, 11) is 0. The van der Waals surface area contributed by atoms with E-state index in [0.29, 0.717) is 0 Å². The molecule has 1 N–H and O–H groups in total. The summed E-state index contributed by atoms with van der Waals surface area (Å²) in [5.41, 5.74) is 1.40. The first-order valence-electron chi connectivity index (χ1n) is 7.37. The van der Waals surface area contributed by atoms with Crippen LogP contribution in [0.1, 0.15) is 67.4 Å². The Morgan fingerprint density at radius 1 is 1.17 bits per heavy atom. The van der Waals surface area contributed by atoms with Crippen LogP contribution in [0.4, 0.5) is 0 Å². The minimum absolute atomic E-state index is 0.177. The van der Waals surface area contributed by atoms with Gasteiger partial charge < -0.3 is 5.32 Å². The Balaban J connectivity index is 2.27. The molecule has 0 saturated heterocycles. The van der Waals surface area contributed by atoms with Gasteiger partial charge in [0.05, 0.1) is 11.2 Å². The first kappa shape index (κ1) is 14.0. The third-order valence-electron chi connectivity index (χ3n) is 4.11. The summed E-state index contributed by atoms with van der Waals surface area (Å²) in [5, 5.41) is 5.17. The molecule has 0 radical (unpaired) electrons. The second-order valence-electron chi connectivity index (χ2n) is 5.58. The van der Waals surface area contributed by atoms with Crippen LogP contribution < -0.4 is 5.32 Å². The number of rotatable bonds is 4. The van der Waals surface area contributed by atoms with Crippen LogP contribution in [0, 0.1) is 13.8 Å². The summed E-state index contributed by atoms with van der Waals surface area (Å²) < 4.78 is 0. The number of nitrogens with zero attached hydrogens (tertiary/aromatic N) is 1. The van der Waals surface area contributed by atoms with Gasteiger partial charge in [-0.25, -0.2) is 4.98 Å². The molecule has 1 aromatic heterocycles. The van der Waals surface area contributed by atoms with Gasteiger partial charge in [0.2, 0.25) is 0 Å². The summed E-state index contributed by atoms with van der Waals surface area (Å²) in [4.78, 5) is 6.24. The Morgan fingerprint density at radius 2 is 1.83 bits per heavy atom. The maximum atomic E-state index is 4.86. The highest BCUT2D eigenvalue weighted by molar-refractivity contribution is 7.11. The summed E-state index contributed by atoms with van der Waals surface area (Å²) >= 11 is 1.91. The second kappa shape index (κ2) is 6.16. The van der Waals surface area contributed by atoms with Gasteiger partial charge in [-0.1, -0.05) is 32.6 Å². The quantitative estimate of drug-likeness (QED) is 0.821. The molecule has 3 heteroatoms. The standard InChI is InChI=1S/C15H26N2S/c1-4-11-16-15(9-7-5-6-8-10-15)14-17-12(2)13(3)18-14/h16H,4-11H2,1-3H3. The number of aromatic nitrogens is 1. The largest absolute Gasteiger partial charge is 0.305 e. The van der Waals surface area contributed by atoms with E-state index in [4.69, 9.17) is 4.98 Å². The van der Waals surface area contributed by atoms with Crippen LogP contribution in [0.5, 0.6) is 0 Å². The minimum atomic E-state index is 0.177. The Hall–Kier alpha value is -0.410. The van der Waals surface area contributed by atoms with Crippen molar-refractivity contribution < 1.29 is 0 Å². The number of thiazole rings is 1. The van der Waals surface area contributed by atoms with E-state index in [-0.39, 0.29) is 5.54 Å². The van der Waals surface area contributed by atoms with Gasteiger partial charge in [-0.2, -0.15) is 0 Å². The SMILES string of the molecule is CCCNC1(c2nc(C)c(C)s2)CCCCCC1. The van der Waals surface area contributed by atoms with E-state index in [2.05, 4.69) is 26.1 Å². The number of nitrogens with one attached hydrogen (secondary N) is 1. The van der Waals surface area contributed by atoms with Crippen molar-refractivity contribution in [2.75, 3.05) is 6.54 Å². The highest BCUT2D eigenvalue weighted by Gasteiger charge is 2.35. The Bertz CT molecular complexity index is 356. The van der Waals surface area contributed by atoms with Crippen LogP contribution in [-0.4, -0.2) is 11.5 Å². The van der Waals surface area contributed by atoms with Gasteiger partial charge in [0.15, 0.2) is 0 Å². The average Bonchev–Trinajstić information content (AvgIpc) is 2.59. The molecule has 1 saturated carbocycles. The first-order chi connectivity index (χ1) is 8.68. The van der Waals surface area contributed by atoms with Crippen molar-refractivity contribution in [1.82, 2.24) is 10.3 Å². The zero-order valence-electron chi connectivity index (χ0n) is 12.0. The molecule has 2 rings (SSSR count). The van der Waals surface area contributed by atoms with Gasteiger partial charge in [0.25, 0.3) is 0 Å². The molecule has 0 atom stereocenters. The van der Waals surface area contributed by atoms with Gasteiger partial charge in [-0.05, 0) is 39.7 Å². The lowest BCUT2D eigenvalue weighted by atomic mass is 9.90. The molecule has 0 spiro atoms. The van der Waals surface area contributed by atoms with E-state index in [0.717, 1.165) is 6.54 Å². The van der Waals surface area contributed by atoms with E-state index in [9.17, 15) is 0 Å². The van der Waals surface area contributed by atoms with E-state index >= 15 is 0 Å². The van der Waals surface area contributed by atoms with E-state index in [1.165, 1.54) is 60.5 Å². The summed E-state index contributed by atoms with van der Waals surface area (Å²) in [5.74, 6) is 0. The van der Waals surface area contributed by atoms with Crippen molar-refractivity contribution in [2.45, 2.75) is 71.3 Å². The molecule has 1 heterocycles. The maximum Gasteiger partial charge on any atom is 0.113 e. The Labute approximate surface area is 115 Å². The molecule has 0 aromatic carbocycles. The van der Waals surface area contributed by atoms with E-state index in [1.54, 1.807) is 0 Å². The van der Waals surface area contributed by atoms with Crippen molar-refractivity contribution in [2.24, 2.45) is 0 Å². The van der Waals surface area contributed by atoms with Crippen molar-refractivity contribution in [3.8, 4) is 0 Å². The molecule has 0 bridgehead atoms. The predicted molar refractivity (Wildman–Crippen MR) is 79.3 cm³/mol. The molecule has 0 amide bonds. The molecule has 2 nitrogen and oxygen atoms in total. The molecule has 0 unspecified atom stereocenters. The number of hydrogen-bond donors (Lipinski definition) is 1. The van der Waals surface area contributed by atoms with Crippen LogP contribution in [0.15, 0.2) is 0 Å². The molecular weight excluding hydrogens is 240 g/mol. The van der Waals surface area contributed by atoms with Gasteiger partial charge in [-0.3, -0.25) is 0 Å². The summed E-state index contributed by atoms with van der Waals surface area (Å²) in [6.07, 6.45) is 9.18. The van der Waals surface area contributed by atoms with Crippen molar-refractivity contribution in [3.63, 3.8) is 0 Å². The summed E-state index contributed by atoms with van der Waals surface area (Å²) in [6.45, 7) is 7.69. The number of hydrogen-bond acceptors (Lipinski definition) is 3. The highest BCUT2D eigenvalue weighted by atomic mass is 32.1. The molecule has 0 aliphatic heterocycles. The van der Waals surface area contributed by atoms with Crippen molar-refractivity contribution in [1.29, 1.82) is 0 Å². The topological polar surface area (TPSA) is 24.9 Å². The molecule has 1 fully saturated rings. The molecule has 1 aliphatic rings. The molecule has 1 aliphatic carbocycles. The van der Waals surface area contributed by atoms with Crippen LogP contribution in [0.2, 0.25) is 0 Å². The van der Waals surface area contributed by atoms with Crippen LogP contribution in [0.25, 0.3) is 0 Å². The van der Waals surface area contributed by atoms with Crippen molar-refractivity contribution in [3.05, 3.63) is 15.6 Å². The van der Waals surface area contributed by atoms with E-state index < -0.39 is 0 Å². The second-order valence-corrected chi connectivity index (χ2v) is 6.79. The smallest absolute Gasteiger partial charge is 0.113 e. The molecule has 18 heavy (non-hydrogen) atoms. The third-order valence-corrected chi connectivity index (χ3v) is 5.39. The molecule has 102 valence electrons. The average molecular weight is 266 g/mol. The normalized spacial score (nSPS) is 19.7. The number of aryl methyl sites for hydroxylation is 2. The highest BCUT2D eigenvalue weighted by Crippen LogP contribution is 2.38. The van der Waals surface area contributed by atoms with Gasteiger partial charge >= 0.3 is 0 Å². The van der Waals surface area contributed by atoms with Crippen molar-refractivity contribution >= 4 is 11.3 Å². The van der Waals surface area contributed by atoms with Gasteiger partial charge in [0.1, 0.15) is 5.01 Å². The summed E-state index contributed by atoms with van der Waals surface area (Å²) in [6, 6.07) is 0. The lowest BCUT2D eigenvalue weighted by Gasteiger charge is -2.32. The lowest BCUT2D eigenvalue weighted by molar-refractivity contribution is 0.289. The Morgan fingerprint density at radius 3 is 2.33 bits per heavy atom. The van der Waals surface area contributed by atoms with Crippen LogP contribution in [-0.2, 0) is 5.54 Å². The first-order valence-corrected chi connectivity index (χ1v) is 8.19. The lowest BCUT2D eigenvalue weighted by Crippen LogP contribution is -2.42. The monoisotopic (exact) mass is 266 g/mol. The Kier molecular flexibility index (Phi) is 4.79. The van der Waals surface area contributed by atoms with E-state index in [1.807, 2.05) is 11.3 Å². The minimum Gasteiger partial charge on any atom is -0.305 e. The van der Waals surface area contributed by atoms with Crippen LogP contribution >= 0.6 is 11.3 Å². The third kappa shape index (κ3) is 2.94.